The van der Waals surface area contributed by atoms with E-state index in [0.29, 0.717) is 16.9 Å². The van der Waals surface area contributed by atoms with E-state index in [9.17, 15) is 4.39 Å². The van der Waals surface area contributed by atoms with Crippen LogP contribution in [0.3, 0.4) is 0 Å². The Balaban J connectivity index is 1.94. The maximum atomic E-state index is 13.7. The van der Waals surface area contributed by atoms with Crippen molar-refractivity contribution in [2.75, 3.05) is 11.5 Å². The van der Waals surface area contributed by atoms with Crippen molar-refractivity contribution in [3.8, 4) is 17.1 Å². The Bertz CT molecular complexity index is 951. The van der Waals surface area contributed by atoms with Gasteiger partial charge in [0.15, 0.2) is 5.82 Å². The Labute approximate surface area is 159 Å². The molecule has 0 aliphatic carbocycles. The molecule has 5 nitrogen and oxygen atoms in total. The summed E-state index contributed by atoms with van der Waals surface area (Å²) >= 11 is 12.2. The van der Waals surface area contributed by atoms with Crippen LogP contribution in [0.25, 0.3) is 11.3 Å². The highest BCUT2D eigenvalue weighted by atomic mass is 35.5. The standard InChI is InChI=1S/C18H15Cl2FN4O/c1-9(15-12(19)6-7-13(21)16(15)20)26-18-17(23)24-8-14(25-18)10-2-4-11(22)5-3-10/h2-9H,22H2,1H3,(H2,23,24). The van der Waals surface area contributed by atoms with E-state index in [2.05, 4.69) is 9.97 Å². The first kappa shape index (κ1) is 18.2. The third-order valence-corrected chi connectivity index (χ3v) is 4.46. The van der Waals surface area contributed by atoms with Crippen molar-refractivity contribution < 1.29 is 9.13 Å². The first-order valence-electron chi connectivity index (χ1n) is 7.65. The summed E-state index contributed by atoms with van der Waals surface area (Å²) in [5.74, 6) is -0.390. The Morgan fingerprint density at radius 3 is 2.46 bits per heavy atom. The van der Waals surface area contributed by atoms with Crippen molar-refractivity contribution in [2.45, 2.75) is 13.0 Å². The number of nitrogen functional groups attached to an aromatic ring is 2. The number of hydrogen-bond acceptors (Lipinski definition) is 5. The van der Waals surface area contributed by atoms with E-state index in [-0.39, 0.29) is 21.7 Å². The highest BCUT2D eigenvalue weighted by Crippen LogP contribution is 2.35. The zero-order chi connectivity index (χ0) is 18.8. The smallest absolute Gasteiger partial charge is 0.258 e. The van der Waals surface area contributed by atoms with E-state index >= 15 is 0 Å². The summed E-state index contributed by atoms with van der Waals surface area (Å²) in [5.41, 5.74) is 13.9. The monoisotopic (exact) mass is 392 g/mol. The first-order chi connectivity index (χ1) is 12.4. The molecule has 0 fully saturated rings. The van der Waals surface area contributed by atoms with Crippen LogP contribution in [0.15, 0.2) is 42.6 Å². The van der Waals surface area contributed by atoms with E-state index in [0.717, 1.165) is 5.56 Å². The largest absolute Gasteiger partial charge is 0.467 e. The predicted molar refractivity (Wildman–Crippen MR) is 102 cm³/mol. The molecule has 134 valence electrons. The van der Waals surface area contributed by atoms with Crippen LogP contribution in [0.1, 0.15) is 18.6 Å². The molecule has 3 rings (SSSR count). The molecule has 8 heteroatoms. The number of hydrogen-bond donors (Lipinski definition) is 2. The fourth-order valence-corrected chi connectivity index (χ4v) is 3.08. The highest BCUT2D eigenvalue weighted by molar-refractivity contribution is 6.36. The van der Waals surface area contributed by atoms with Gasteiger partial charge in [-0.15, -0.1) is 0 Å². The van der Waals surface area contributed by atoms with E-state index in [4.69, 9.17) is 39.4 Å². The molecule has 0 saturated heterocycles. The average Bonchev–Trinajstić information content (AvgIpc) is 2.61. The predicted octanol–water partition coefficient (Wildman–Crippen LogP) is 4.89. The summed E-state index contributed by atoms with van der Waals surface area (Å²) in [7, 11) is 0. The Hall–Kier alpha value is -2.57. The molecule has 4 N–H and O–H groups in total. The topological polar surface area (TPSA) is 87.0 Å². The molecule has 0 bridgehead atoms. The number of nitrogens with zero attached hydrogens (tertiary/aromatic N) is 2. The fourth-order valence-electron chi connectivity index (χ4n) is 2.40. The second kappa shape index (κ2) is 7.35. The van der Waals surface area contributed by atoms with Crippen molar-refractivity contribution in [1.29, 1.82) is 0 Å². The molecule has 1 aromatic heterocycles. The molecule has 0 amide bonds. The quantitative estimate of drug-likeness (QED) is 0.487. The SMILES string of the molecule is CC(Oc1nc(-c2ccc(N)cc2)cnc1N)c1c(Cl)ccc(F)c1Cl. The second-order valence-electron chi connectivity index (χ2n) is 5.58. The zero-order valence-corrected chi connectivity index (χ0v) is 15.2. The lowest BCUT2D eigenvalue weighted by Gasteiger charge is -2.18. The Morgan fingerprint density at radius 1 is 1.08 bits per heavy atom. The number of halogens is 3. The van der Waals surface area contributed by atoms with Gasteiger partial charge in [-0.25, -0.2) is 14.4 Å². The molecule has 0 spiro atoms. The molecule has 1 atom stereocenters. The number of rotatable bonds is 4. The summed E-state index contributed by atoms with van der Waals surface area (Å²) in [6.07, 6.45) is 0.838. The summed E-state index contributed by atoms with van der Waals surface area (Å²) in [5, 5.41) is 0.177. The second-order valence-corrected chi connectivity index (χ2v) is 6.37. The van der Waals surface area contributed by atoms with Gasteiger partial charge in [-0.05, 0) is 31.2 Å². The van der Waals surface area contributed by atoms with Gasteiger partial charge in [0.25, 0.3) is 5.88 Å². The summed E-state index contributed by atoms with van der Waals surface area (Å²) in [6.45, 7) is 1.67. The molecule has 26 heavy (non-hydrogen) atoms. The van der Waals surface area contributed by atoms with Crippen LogP contribution in [0.5, 0.6) is 5.88 Å². The number of anilines is 2. The van der Waals surface area contributed by atoms with Crippen LogP contribution in [-0.4, -0.2) is 9.97 Å². The van der Waals surface area contributed by atoms with Gasteiger partial charge in [-0.2, -0.15) is 0 Å². The third kappa shape index (κ3) is 3.66. The van der Waals surface area contributed by atoms with Crippen molar-refractivity contribution >= 4 is 34.7 Å². The number of ether oxygens (including phenoxy) is 1. The Morgan fingerprint density at radius 2 is 1.77 bits per heavy atom. The summed E-state index contributed by atoms with van der Waals surface area (Å²) < 4.78 is 19.5. The molecule has 1 heterocycles. The molecule has 2 aromatic carbocycles. The number of nitrogens with two attached hydrogens (primary N) is 2. The van der Waals surface area contributed by atoms with Crippen LogP contribution >= 0.6 is 23.2 Å². The van der Waals surface area contributed by atoms with E-state index in [1.54, 1.807) is 19.1 Å². The van der Waals surface area contributed by atoms with Crippen LogP contribution in [0.4, 0.5) is 15.9 Å². The molecular formula is C18H15Cl2FN4O. The zero-order valence-electron chi connectivity index (χ0n) is 13.7. The number of aromatic nitrogens is 2. The van der Waals surface area contributed by atoms with Gasteiger partial charge in [0.1, 0.15) is 11.9 Å². The fraction of sp³-hybridized carbons (Fsp3) is 0.111. The minimum absolute atomic E-state index is 0.0969. The first-order valence-corrected chi connectivity index (χ1v) is 8.41. The van der Waals surface area contributed by atoms with Crippen LogP contribution < -0.4 is 16.2 Å². The van der Waals surface area contributed by atoms with Gasteiger partial charge in [-0.1, -0.05) is 35.3 Å². The lowest BCUT2D eigenvalue weighted by Crippen LogP contribution is -2.09. The van der Waals surface area contributed by atoms with Crippen LogP contribution in [-0.2, 0) is 0 Å². The van der Waals surface area contributed by atoms with Gasteiger partial charge in [0, 0.05) is 21.8 Å². The van der Waals surface area contributed by atoms with Crippen molar-refractivity contribution in [3.63, 3.8) is 0 Å². The van der Waals surface area contributed by atoms with Crippen molar-refractivity contribution in [3.05, 3.63) is 64.0 Å². The van der Waals surface area contributed by atoms with Gasteiger partial charge in [-0.3, -0.25) is 0 Å². The molecule has 0 aliphatic heterocycles. The third-order valence-electron chi connectivity index (χ3n) is 3.75. The van der Waals surface area contributed by atoms with Gasteiger partial charge in [0.2, 0.25) is 0 Å². The lowest BCUT2D eigenvalue weighted by molar-refractivity contribution is 0.218. The maximum absolute atomic E-state index is 13.7. The maximum Gasteiger partial charge on any atom is 0.258 e. The van der Waals surface area contributed by atoms with Crippen molar-refractivity contribution in [1.82, 2.24) is 9.97 Å². The molecule has 0 radical (unpaired) electrons. The summed E-state index contributed by atoms with van der Waals surface area (Å²) in [4.78, 5) is 8.49. The minimum atomic E-state index is -0.691. The van der Waals surface area contributed by atoms with Gasteiger partial charge < -0.3 is 16.2 Å². The molecule has 3 aromatic rings. The molecular weight excluding hydrogens is 378 g/mol. The molecule has 0 aliphatic rings. The van der Waals surface area contributed by atoms with Gasteiger partial charge >= 0.3 is 0 Å². The lowest BCUT2D eigenvalue weighted by atomic mass is 10.1. The highest BCUT2D eigenvalue weighted by Gasteiger charge is 2.20. The normalized spacial score (nSPS) is 12.0. The minimum Gasteiger partial charge on any atom is -0.467 e. The van der Waals surface area contributed by atoms with Crippen LogP contribution in [0, 0.1) is 5.82 Å². The Kier molecular flexibility index (Phi) is 5.15. The average molecular weight is 393 g/mol. The van der Waals surface area contributed by atoms with Gasteiger partial charge in [0.05, 0.1) is 16.9 Å². The summed E-state index contributed by atoms with van der Waals surface area (Å²) in [6, 6.07) is 9.73. The molecule has 0 saturated carbocycles. The van der Waals surface area contributed by atoms with E-state index in [1.807, 2.05) is 12.1 Å². The van der Waals surface area contributed by atoms with E-state index < -0.39 is 11.9 Å². The molecule has 1 unspecified atom stereocenters. The van der Waals surface area contributed by atoms with E-state index in [1.165, 1.54) is 18.3 Å². The van der Waals surface area contributed by atoms with Crippen LogP contribution in [0.2, 0.25) is 10.0 Å². The van der Waals surface area contributed by atoms with Crippen molar-refractivity contribution in [2.24, 2.45) is 0 Å². The number of benzene rings is 2.